The highest BCUT2D eigenvalue weighted by Crippen LogP contribution is 2.23. The molecule has 2 atom stereocenters. The smallest absolute Gasteiger partial charge is 0.328 e. The first kappa shape index (κ1) is 16.7. The van der Waals surface area contributed by atoms with Crippen molar-refractivity contribution in [2.24, 2.45) is 11.7 Å². The van der Waals surface area contributed by atoms with Gasteiger partial charge >= 0.3 is 6.18 Å². The standard InChI is InChI=1S/C11H21F3N2O2S/c12-11(13,14)5-2-6-19(17,18)16-8-9-3-1-4-10(15)7-9/h9-10,16H,1-8,15H2. The predicted molar refractivity (Wildman–Crippen MR) is 67.0 cm³/mol. The van der Waals surface area contributed by atoms with Gasteiger partial charge in [-0.05, 0) is 31.6 Å². The fraction of sp³-hybridized carbons (Fsp3) is 1.00. The Morgan fingerprint density at radius 3 is 2.53 bits per heavy atom. The van der Waals surface area contributed by atoms with Gasteiger partial charge in [-0.3, -0.25) is 0 Å². The van der Waals surface area contributed by atoms with E-state index in [1.165, 1.54) is 0 Å². The Bertz CT molecular complexity index is 371. The number of rotatable bonds is 6. The second kappa shape index (κ2) is 6.90. The molecule has 0 heterocycles. The highest BCUT2D eigenvalue weighted by atomic mass is 32.2. The van der Waals surface area contributed by atoms with E-state index in [0.29, 0.717) is 0 Å². The van der Waals surface area contributed by atoms with Crippen LogP contribution in [0.4, 0.5) is 13.2 Å². The van der Waals surface area contributed by atoms with Crippen molar-refractivity contribution in [2.75, 3.05) is 12.3 Å². The van der Waals surface area contributed by atoms with E-state index in [1.54, 1.807) is 0 Å². The summed E-state index contributed by atoms with van der Waals surface area (Å²) in [5, 5.41) is 0. The predicted octanol–water partition coefficient (Wildman–Crippen LogP) is 1.77. The minimum atomic E-state index is -4.30. The molecule has 8 heteroatoms. The quantitative estimate of drug-likeness (QED) is 0.785. The van der Waals surface area contributed by atoms with E-state index in [9.17, 15) is 21.6 Å². The molecule has 1 rings (SSSR count). The summed E-state index contributed by atoms with van der Waals surface area (Å²) in [4.78, 5) is 0. The Hall–Kier alpha value is -0.340. The molecule has 1 saturated carbocycles. The van der Waals surface area contributed by atoms with Crippen molar-refractivity contribution in [3.63, 3.8) is 0 Å². The van der Waals surface area contributed by atoms with Crippen molar-refractivity contribution in [3.05, 3.63) is 0 Å². The number of hydrogen-bond acceptors (Lipinski definition) is 3. The van der Waals surface area contributed by atoms with Crippen LogP contribution in [0, 0.1) is 5.92 Å². The second-order valence-electron chi connectivity index (χ2n) is 5.18. The molecule has 0 bridgehead atoms. The van der Waals surface area contributed by atoms with E-state index in [-0.39, 0.29) is 18.5 Å². The van der Waals surface area contributed by atoms with Crippen molar-refractivity contribution in [1.29, 1.82) is 0 Å². The number of nitrogens with two attached hydrogens (primary N) is 1. The van der Waals surface area contributed by atoms with Gasteiger partial charge in [-0.25, -0.2) is 13.1 Å². The van der Waals surface area contributed by atoms with Crippen LogP contribution < -0.4 is 10.5 Å². The topological polar surface area (TPSA) is 72.2 Å². The first-order valence-electron chi connectivity index (χ1n) is 6.47. The summed E-state index contributed by atoms with van der Waals surface area (Å²) >= 11 is 0. The minimum Gasteiger partial charge on any atom is -0.328 e. The normalized spacial score (nSPS) is 25.5. The average Bonchev–Trinajstić information content (AvgIpc) is 2.24. The lowest BCUT2D eigenvalue weighted by Crippen LogP contribution is -2.36. The van der Waals surface area contributed by atoms with Gasteiger partial charge in [-0.2, -0.15) is 13.2 Å². The maximum Gasteiger partial charge on any atom is 0.389 e. The molecule has 0 aliphatic heterocycles. The Morgan fingerprint density at radius 1 is 1.26 bits per heavy atom. The monoisotopic (exact) mass is 302 g/mol. The molecule has 0 saturated heterocycles. The van der Waals surface area contributed by atoms with Crippen LogP contribution in [0.15, 0.2) is 0 Å². The maximum absolute atomic E-state index is 11.9. The largest absolute Gasteiger partial charge is 0.389 e. The first-order chi connectivity index (χ1) is 8.68. The summed E-state index contributed by atoms with van der Waals surface area (Å²) in [6, 6.07) is 0.105. The van der Waals surface area contributed by atoms with E-state index in [0.717, 1.165) is 25.7 Å². The Labute approximate surface area is 112 Å². The third-order valence-electron chi connectivity index (χ3n) is 3.29. The van der Waals surface area contributed by atoms with Crippen LogP contribution in [0.25, 0.3) is 0 Å². The first-order valence-corrected chi connectivity index (χ1v) is 8.13. The Morgan fingerprint density at radius 2 is 1.95 bits per heavy atom. The fourth-order valence-electron chi connectivity index (χ4n) is 2.30. The number of nitrogens with one attached hydrogen (secondary N) is 1. The number of hydrogen-bond donors (Lipinski definition) is 2. The summed E-state index contributed by atoms with van der Waals surface area (Å²) in [6.07, 6.45) is -2.16. The SMILES string of the molecule is NC1CCCC(CNS(=O)(=O)CCCC(F)(F)F)C1. The highest BCUT2D eigenvalue weighted by molar-refractivity contribution is 7.89. The summed E-state index contributed by atoms with van der Waals surface area (Å²) in [5.41, 5.74) is 5.79. The van der Waals surface area contributed by atoms with E-state index < -0.39 is 34.8 Å². The molecule has 1 aliphatic rings. The van der Waals surface area contributed by atoms with Gasteiger partial charge in [0.2, 0.25) is 10.0 Å². The Kier molecular flexibility index (Phi) is 6.07. The molecule has 4 nitrogen and oxygen atoms in total. The molecule has 0 aromatic heterocycles. The molecule has 0 spiro atoms. The van der Waals surface area contributed by atoms with E-state index in [4.69, 9.17) is 5.73 Å². The summed E-state index contributed by atoms with van der Waals surface area (Å²) < 4.78 is 61.2. The van der Waals surface area contributed by atoms with Crippen LogP contribution in [0.2, 0.25) is 0 Å². The molecule has 0 aromatic carbocycles. The lowest BCUT2D eigenvalue weighted by atomic mass is 9.86. The van der Waals surface area contributed by atoms with Crippen LogP contribution in [-0.2, 0) is 10.0 Å². The van der Waals surface area contributed by atoms with Gasteiger partial charge in [0, 0.05) is 19.0 Å². The van der Waals surface area contributed by atoms with Crippen molar-refractivity contribution < 1.29 is 21.6 Å². The number of alkyl halides is 3. The second-order valence-corrected chi connectivity index (χ2v) is 7.11. The molecular formula is C11H21F3N2O2S. The van der Waals surface area contributed by atoms with Crippen molar-refractivity contribution >= 4 is 10.0 Å². The zero-order chi connectivity index (χ0) is 14.5. The molecule has 19 heavy (non-hydrogen) atoms. The summed E-state index contributed by atoms with van der Waals surface area (Å²) in [5.74, 6) is -0.285. The van der Waals surface area contributed by atoms with E-state index >= 15 is 0 Å². The third kappa shape index (κ3) is 7.74. The average molecular weight is 302 g/mol. The molecule has 2 unspecified atom stereocenters. The summed E-state index contributed by atoms with van der Waals surface area (Å²) in [7, 11) is -3.61. The van der Waals surface area contributed by atoms with Crippen LogP contribution in [0.1, 0.15) is 38.5 Å². The van der Waals surface area contributed by atoms with Gasteiger partial charge < -0.3 is 5.73 Å². The van der Waals surface area contributed by atoms with Crippen LogP contribution >= 0.6 is 0 Å². The van der Waals surface area contributed by atoms with Crippen molar-refractivity contribution in [3.8, 4) is 0 Å². The van der Waals surface area contributed by atoms with Crippen molar-refractivity contribution in [1.82, 2.24) is 4.72 Å². The van der Waals surface area contributed by atoms with Gasteiger partial charge in [-0.1, -0.05) is 6.42 Å². The lowest BCUT2D eigenvalue weighted by molar-refractivity contribution is -0.134. The van der Waals surface area contributed by atoms with Crippen LogP contribution in [0.3, 0.4) is 0 Å². The zero-order valence-corrected chi connectivity index (χ0v) is 11.6. The molecule has 3 N–H and O–H groups in total. The molecular weight excluding hydrogens is 281 g/mol. The molecule has 0 radical (unpaired) electrons. The fourth-order valence-corrected chi connectivity index (χ4v) is 3.46. The molecule has 0 amide bonds. The number of sulfonamides is 1. The zero-order valence-electron chi connectivity index (χ0n) is 10.7. The van der Waals surface area contributed by atoms with Gasteiger partial charge in [-0.15, -0.1) is 0 Å². The van der Waals surface area contributed by atoms with Crippen LogP contribution in [0.5, 0.6) is 0 Å². The highest BCUT2D eigenvalue weighted by Gasteiger charge is 2.27. The van der Waals surface area contributed by atoms with Crippen LogP contribution in [-0.4, -0.2) is 32.9 Å². The van der Waals surface area contributed by atoms with Gasteiger partial charge in [0.25, 0.3) is 0 Å². The molecule has 0 aromatic rings. The minimum absolute atomic E-state index is 0.105. The van der Waals surface area contributed by atoms with Gasteiger partial charge in [0.05, 0.1) is 5.75 Å². The van der Waals surface area contributed by atoms with E-state index in [2.05, 4.69) is 4.72 Å². The Balaban J connectivity index is 2.26. The molecule has 114 valence electrons. The molecule has 1 aliphatic carbocycles. The number of halogens is 3. The van der Waals surface area contributed by atoms with Gasteiger partial charge in [0.15, 0.2) is 0 Å². The third-order valence-corrected chi connectivity index (χ3v) is 4.72. The molecule has 1 fully saturated rings. The van der Waals surface area contributed by atoms with Gasteiger partial charge in [0.1, 0.15) is 0 Å². The van der Waals surface area contributed by atoms with E-state index in [1.807, 2.05) is 0 Å². The lowest BCUT2D eigenvalue weighted by Gasteiger charge is -2.26. The van der Waals surface area contributed by atoms with Crippen molar-refractivity contribution in [2.45, 2.75) is 50.7 Å². The summed E-state index contributed by atoms with van der Waals surface area (Å²) in [6.45, 7) is 0.280. The maximum atomic E-state index is 11.9.